The molecule has 5 aliphatic rings. The summed E-state index contributed by atoms with van der Waals surface area (Å²) in [5, 5.41) is 32.6. The fourth-order valence-corrected chi connectivity index (χ4v) is 12.7. The standard InChI is InChI=1S/C51H66FN13O5S/c1-29-41(52)42-40(22-54-29)46(63-23-33-11-12-34(24-63)57-33)60-49(58-42)70-27-51-15-6-18-65(51)36(13-16-51)26-64-25-35(61-62-64)14-17-53-48(69)59-45(50(3,4)5)43(67)38-19-37(66)20-39(38)47(68)55-21-31-7-9-32(10-8-31)44-30(2)56-28-71-44/h7-10,22,25,28,33-34,36-39,45,57,66H,6,11-21,23-24,26-27H2,1-5H3,(H,55,68)(H2,53,59,69)/t33?,34?,36?,37-,38?,39+,45+,51-/m1/s1. The average molecular weight is 992 g/mol. The van der Waals surface area contributed by atoms with Crippen molar-refractivity contribution in [2.24, 2.45) is 17.3 Å². The first-order valence-electron chi connectivity index (χ1n) is 25.3. The number of aryl methyl sites for hydroxylation is 2. The summed E-state index contributed by atoms with van der Waals surface area (Å²) in [4.78, 5) is 65.3. The summed E-state index contributed by atoms with van der Waals surface area (Å²) in [6, 6.07) is 7.70. The number of aromatic nitrogens is 7. The highest BCUT2D eigenvalue weighted by Gasteiger charge is 2.50. The number of fused-ring (bicyclic) bond motifs is 4. The second-order valence-electron chi connectivity index (χ2n) is 21.6. The maximum Gasteiger partial charge on any atom is 0.319 e. The number of rotatable bonds is 16. The first kappa shape index (κ1) is 48.9. The quantitative estimate of drug-likeness (QED) is 0.0876. The van der Waals surface area contributed by atoms with Gasteiger partial charge in [-0.15, -0.1) is 16.4 Å². The largest absolute Gasteiger partial charge is 0.461 e. The molecule has 18 nitrogen and oxygen atoms in total. The van der Waals surface area contributed by atoms with Crippen molar-refractivity contribution < 1.29 is 28.6 Å². The van der Waals surface area contributed by atoms with E-state index in [1.807, 2.05) is 68.3 Å². The van der Waals surface area contributed by atoms with E-state index in [2.05, 4.69) is 56.3 Å². The van der Waals surface area contributed by atoms with Gasteiger partial charge in [0.2, 0.25) is 5.91 Å². The molecule has 4 saturated heterocycles. The maximum atomic E-state index is 15.6. The summed E-state index contributed by atoms with van der Waals surface area (Å²) in [6.45, 7) is 13.4. The predicted molar refractivity (Wildman–Crippen MR) is 266 cm³/mol. The van der Waals surface area contributed by atoms with Gasteiger partial charge in [0.25, 0.3) is 0 Å². The van der Waals surface area contributed by atoms with Crippen molar-refractivity contribution in [2.75, 3.05) is 37.7 Å². The lowest BCUT2D eigenvalue weighted by Crippen LogP contribution is -2.55. The number of amides is 3. The molecule has 378 valence electrons. The molecular weight excluding hydrogens is 926 g/mol. The Kier molecular flexibility index (Phi) is 13.8. The van der Waals surface area contributed by atoms with Crippen LogP contribution >= 0.6 is 11.3 Å². The SMILES string of the molecule is Cc1ncsc1-c1ccc(CNC(=O)[C@H]2C[C@H](O)CC2C(=O)[C@H](NC(=O)NCCc2cn(CC3CC[C@@]4(COc5nc(N6CC7CCC(C6)N7)c6cnc(C)c(F)c6n5)CCCN34)nn2)C(C)(C)C)cc1. The van der Waals surface area contributed by atoms with Crippen molar-refractivity contribution in [3.8, 4) is 16.5 Å². The van der Waals surface area contributed by atoms with Gasteiger partial charge in [-0.3, -0.25) is 24.2 Å². The van der Waals surface area contributed by atoms with Gasteiger partial charge in [0, 0.05) is 69.0 Å². The fourth-order valence-electron chi connectivity index (χ4n) is 11.9. The Bertz CT molecular complexity index is 2750. The van der Waals surface area contributed by atoms with Gasteiger partial charge in [-0.1, -0.05) is 50.3 Å². The third-order valence-electron chi connectivity index (χ3n) is 15.6. The van der Waals surface area contributed by atoms with Crippen LogP contribution in [0.2, 0.25) is 0 Å². The van der Waals surface area contributed by atoms with Crippen molar-refractivity contribution >= 4 is 45.8 Å². The van der Waals surface area contributed by atoms with E-state index in [-0.39, 0.29) is 60.7 Å². The summed E-state index contributed by atoms with van der Waals surface area (Å²) < 4.78 is 23.9. The van der Waals surface area contributed by atoms with Gasteiger partial charge >= 0.3 is 12.0 Å². The minimum absolute atomic E-state index is 0.151. The molecule has 0 spiro atoms. The fraction of sp³-hybridized carbons (Fsp3) is 0.588. The van der Waals surface area contributed by atoms with Crippen LogP contribution < -0.4 is 30.9 Å². The number of carbonyl (C=O) groups excluding carboxylic acids is 3. The minimum Gasteiger partial charge on any atom is -0.461 e. The van der Waals surface area contributed by atoms with E-state index in [0.29, 0.717) is 48.6 Å². The molecule has 3 amide bonds. The topological polar surface area (TPSA) is 218 Å². The first-order chi connectivity index (χ1) is 34.1. The van der Waals surface area contributed by atoms with E-state index in [1.165, 1.54) is 0 Å². The van der Waals surface area contributed by atoms with Crippen LogP contribution in [0.5, 0.6) is 6.01 Å². The summed E-state index contributed by atoms with van der Waals surface area (Å²) in [5.74, 6) is -1.81. The summed E-state index contributed by atoms with van der Waals surface area (Å²) in [5.41, 5.74) is 5.16. The third-order valence-corrected chi connectivity index (χ3v) is 16.6. The van der Waals surface area contributed by atoms with E-state index < -0.39 is 41.2 Å². The van der Waals surface area contributed by atoms with Crippen LogP contribution in [0.15, 0.2) is 42.2 Å². The Balaban J connectivity index is 0.711. The number of piperazine rings is 1. The number of anilines is 1. The van der Waals surface area contributed by atoms with E-state index >= 15 is 4.39 Å². The minimum atomic E-state index is -0.902. The van der Waals surface area contributed by atoms with Crippen LogP contribution in [0.25, 0.3) is 21.3 Å². The van der Waals surface area contributed by atoms with Gasteiger partial charge in [0.05, 0.1) is 63.0 Å². The molecular formula is C51H66FN13O5S. The third kappa shape index (κ3) is 10.3. The molecule has 71 heavy (non-hydrogen) atoms. The van der Waals surface area contributed by atoms with Gasteiger partial charge in [0.1, 0.15) is 17.9 Å². The molecule has 5 aromatic rings. The highest BCUT2D eigenvalue weighted by molar-refractivity contribution is 7.13. The van der Waals surface area contributed by atoms with Crippen LogP contribution in [0.3, 0.4) is 0 Å². The lowest BCUT2D eigenvalue weighted by atomic mass is 9.77. The maximum absolute atomic E-state index is 15.6. The number of aliphatic hydroxyl groups excluding tert-OH is 1. The van der Waals surface area contributed by atoms with Crippen molar-refractivity contribution in [1.82, 2.24) is 61.1 Å². The zero-order chi connectivity index (χ0) is 49.6. The molecule has 1 saturated carbocycles. The molecule has 1 aliphatic carbocycles. The van der Waals surface area contributed by atoms with Crippen LogP contribution in [-0.4, -0.2) is 131 Å². The predicted octanol–water partition coefficient (Wildman–Crippen LogP) is 5.04. The average Bonchev–Trinajstić information content (AvgIpc) is 4.23. The van der Waals surface area contributed by atoms with Gasteiger partial charge in [-0.05, 0) is 88.3 Å². The monoisotopic (exact) mass is 992 g/mol. The van der Waals surface area contributed by atoms with Crippen molar-refractivity contribution in [2.45, 2.75) is 141 Å². The van der Waals surface area contributed by atoms with Crippen LogP contribution in [-0.2, 0) is 29.1 Å². The molecule has 1 aromatic carbocycles. The van der Waals surface area contributed by atoms with Gasteiger partial charge in [-0.2, -0.15) is 9.97 Å². The Hall–Kier alpha value is -5.70. The molecule has 8 atom stereocenters. The summed E-state index contributed by atoms with van der Waals surface area (Å²) >= 11 is 1.58. The van der Waals surface area contributed by atoms with E-state index in [1.54, 1.807) is 24.5 Å². The molecule has 4 aromatic heterocycles. The van der Waals surface area contributed by atoms with Gasteiger partial charge < -0.3 is 36.0 Å². The highest BCUT2D eigenvalue weighted by Crippen LogP contribution is 2.44. The molecule has 0 radical (unpaired) electrons. The first-order valence-corrected chi connectivity index (χ1v) is 26.1. The lowest BCUT2D eigenvalue weighted by molar-refractivity contribution is -0.134. The number of nitrogens with zero attached hydrogens (tertiary/aromatic N) is 9. The van der Waals surface area contributed by atoms with Gasteiger partial charge in [-0.25, -0.2) is 14.2 Å². The number of thiazole rings is 1. The van der Waals surface area contributed by atoms with Gasteiger partial charge in [0.15, 0.2) is 11.6 Å². The number of carbonyl (C=O) groups is 3. The number of benzene rings is 1. The number of halogens is 1. The number of ether oxygens (including phenoxy) is 1. The number of hydrogen-bond acceptors (Lipinski definition) is 15. The molecule has 2 bridgehead atoms. The highest BCUT2D eigenvalue weighted by atomic mass is 32.1. The Morgan fingerprint density at radius 1 is 1.00 bits per heavy atom. The number of hydrogen-bond donors (Lipinski definition) is 5. The molecule has 8 heterocycles. The lowest BCUT2D eigenvalue weighted by Gasteiger charge is -2.35. The smallest absolute Gasteiger partial charge is 0.319 e. The molecule has 20 heteroatoms. The van der Waals surface area contributed by atoms with Crippen molar-refractivity contribution in [3.05, 3.63) is 70.6 Å². The molecule has 5 fully saturated rings. The molecule has 5 N–H and O–H groups in total. The number of urea groups is 1. The molecule has 4 unspecified atom stereocenters. The van der Waals surface area contributed by atoms with Crippen molar-refractivity contribution in [1.29, 1.82) is 0 Å². The van der Waals surface area contributed by atoms with E-state index in [0.717, 1.165) is 85.6 Å². The number of Topliss-reactive ketones (excluding diaryl/α,β-unsaturated/α-hetero) is 1. The molecule has 4 aliphatic heterocycles. The number of ketones is 1. The summed E-state index contributed by atoms with van der Waals surface area (Å²) in [7, 11) is 0. The van der Waals surface area contributed by atoms with Crippen molar-refractivity contribution in [3.63, 3.8) is 0 Å². The normalized spacial score (nSPS) is 25.6. The second kappa shape index (κ2) is 20.1. The zero-order valence-corrected chi connectivity index (χ0v) is 42.1. The second-order valence-corrected chi connectivity index (χ2v) is 22.5. The Labute approximate surface area is 417 Å². The zero-order valence-electron chi connectivity index (χ0n) is 41.3. The van der Waals surface area contributed by atoms with E-state index in [4.69, 9.17) is 9.72 Å². The number of pyridine rings is 1. The van der Waals surface area contributed by atoms with Crippen LogP contribution in [0, 0.1) is 36.9 Å². The Morgan fingerprint density at radius 3 is 2.52 bits per heavy atom. The number of nitrogens with one attached hydrogen (secondary N) is 4. The number of aliphatic hydroxyl groups is 1. The van der Waals surface area contributed by atoms with E-state index in [9.17, 15) is 19.5 Å². The Morgan fingerprint density at radius 2 is 1.77 bits per heavy atom. The van der Waals surface area contributed by atoms with Crippen LogP contribution in [0.1, 0.15) is 94.8 Å². The summed E-state index contributed by atoms with van der Waals surface area (Å²) in [6.07, 6.45) is 9.68. The molecule has 10 rings (SSSR count). The van der Waals surface area contributed by atoms with Crippen LogP contribution in [0.4, 0.5) is 15.0 Å².